The maximum Gasteiger partial charge on any atom is 0.229 e. The van der Waals surface area contributed by atoms with Gasteiger partial charge in [-0.15, -0.1) is 0 Å². The highest BCUT2D eigenvalue weighted by Gasteiger charge is 2.29. The molecule has 0 saturated carbocycles. The summed E-state index contributed by atoms with van der Waals surface area (Å²) in [6.45, 7) is 5.61. The quantitative estimate of drug-likeness (QED) is 0.357. The van der Waals surface area contributed by atoms with E-state index in [9.17, 15) is 9.59 Å². The molecule has 0 bridgehead atoms. The van der Waals surface area contributed by atoms with Crippen LogP contribution in [0.4, 0.5) is 0 Å². The normalized spacial score (nSPS) is 18.1. The number of hydrogen-bond acceptors (Lipinski definition) is 4. The fraction of sp³-hybridized carbons (Fsp3) is 0.833. The van der Waals surface area contributed by atoms with Gasteiger partial charge in [-0.3, -0.25) is 14.5 Å². The molecule has 6 heteroatoms. The highest BCUT2D eigenvalue weighted by atomic mass is 28.1. The molecule has 1 saturated heterocycles. The molecule has 2 amide bonds. The zero-order chi connectivity index (χ0) is 13.5. The number of rotatable bonds is 8. The van der Waals surface area contributed by atoms with Crippen LogP contribution in [0.3, 0.4) is 0 Å². The van der Waals surface area contributed by atoms with Crippen molar-refractivity contribution >= 4 is 22.1 Å². The van der Waals surface area contributed by atoms with Gasteiger partial charge in [0.05, 0.1) is 0 Å². The second-order valence-electron chi connectivity index (χ2n) is 4.48. The minimum Gasteiger partial charge on any atom is -0.353 e. The Hall–Kier alpha value is -0.723. The fourth-order valence-electron chi connectivity index (χ4n) is 2.05. The first kappa shape index (κ1) is 15.3. The number of amides is 2. The summed E-state index contributed by atoms with van der Waals surface area (Å²) in [5.74, 6) is -0.0866. The largest absolute Gasteiger partial charge is 0.353 e. The lowest BCUT2D eigenvalue weighted by molar-refractivity contribution is -0.144. The van der Waals surface area contributed by atoms with Gasteiger partial charge in [-0.25, -0.2) is 0 Å². The van der Waals surface area contributed by atoms with Crippen LogP contribution in [0.2, 0.25) is 5.54 Å². The highest BCUT2D eigenvalue weighted by Crippen LogP contribution is 2.20. The van der Waals surface area contributed by atoms with E-state index < -0.39 is 0 Å². The maximum absolute atomic E-state index is 11.5. The zero-order valence-electron chi connectivity index (χ0n) is 11.5. The van der Waals surface area contributed by atoms with Gasteiger partial charge in [-0.05, 0) is 25.8 Å². The smallest absolute Gasteiger partial charge is 0.229 e. The average molecular weight is 273 g/mol. The van der Waals surface area contributed by atoms with Crippen LogP contribution in [-0.2, 0) is 19.1 Å². The van der Waals surface area contributed by atoms with Gasteiger partial charge < -0.3 is 9.47 Å². The monoisotopic (exact) mass is 273 g/mol. The first-order valence-corrected chi connectivity index (χ1v) is 7.82. The van der Waals surface area contributed by atoms with E-state index in [0.717, 1.165) is 16.7 Å². The number of nitrogens with zero attached hydrogens (tertiary/aromatic N) is 1. The molecule has 0 spiro atoms. The number of carbonyl (C=O) groups excluding carboxylic acids is 2. The Balaban J connectivity index is 2.40. The average Bonchev–Trinajstić information content (AvgIpc) is 2.66. The molecule has 1 fully saturated rings. The van der Waals surface area contributed by atoms with E-state index in [1.807, 2.05) is 13.8 Å². The predicted octanol–water partition coefficient (Wildman–Crippen LogP) is 0.0785. The van der Waals surface area contributed by atoms with Crippen molar-refractivity contribution in [1.82, 2.24) is 4.90 Å². The molecule has 1 unspecified atom stereocenters. The van der Waals surface area contributed by atoms with Crippen molar-refractivity contribution in [2.75, 3.05) is 19.8 Å². The van der Waals surface area contributed by atoms with Crippen molar-refractivity contribution in [3.8, 4) is 0 Å². The standard InChI is InChI=1S/C12H23NO4Si/c1-3-16-12(17-4-2)9(18)7-8-13-10(14)5-6-11(13)15/h9,12H,3-8H2,1-2,18H3. The Kier molecular flexibility index (Phi) is 6.52. The van der Waals surface area contributed by atoms with Crippen LogP contribution in [0.15, 0.2) is 0 Å². The number of ether oxygens (including phenoxy) is 2. The van der Waals surface area contributed by atoms with Crippen LogP contribution >= 0.6 is 0 Å². The van der Waals surface area contributed by atoms with Crippen LogP contribution in [-0.4, -0.2) is 53.0 Å². The molecule has 1 heterocycles. The van der Waals surface area contributed by atoms with Crippen molar-refractivity contribution in [1.29, 1.82) is 0 Å². The van der Waals surface area contributed by atoms with E-state index in [-0.39, 0.29) is 18.1 Å². The molecule has 0 aromatic rings. The molecular formula is C12H23NO4Si. The maximum atomic E-state index is 11.5. The third-order valence-corrected chi connectivity index (χ3v) is 4.21. The van der Waals surface area contributed by atoms with Crippen molar-refractivity contribution in [2.45, 2.75) is 44.9 Å². The first-order chi connectivity index (χ1) is 8.60. The lowest BCUT2D eigenvalue weighted by Gasteiger charge is -2.25. The molecule has 1 rings (SSSR count). The molecule has 5 nitrogen and oxygen atoms in total. The molecule has 0 N–H and O–H groups in total. The molecule has 0 radical (unpaired) electrons. The number of hydrogen-bond donors (Lipinski definition) is 0. The summed E-state index contributed by atoms with van der Waals surface area (Å²) in [5.41, 5.74) is 0.297. The van der Waals surface area contributed by atoms with Crippen LogP contribution in [0, 0.1) is 0 Å². The van der Waals surface area contributed by atoms with E-state index in [2.05, 4.69) is 0 Å². The number of likely N-dealkylation sites (tertiary alicyclic amines) is 1. The van der Waals surface area contributed by atoms with E-state index in [1.165, 1.54) is 4.90 Å². The second-order valence-corrected chi connectivity index (χ2v) is 5.97. The van der Waals surface area contributed by atoms with Crippen LogP contribution in [0.25, 0.3) is 0 Å². The third-order valence-electron chi connectivity index (χ3n) is 3.09. The Morgan fingerprint density at radius 3 is 2.11 bits per heavy atom. The predicted molar refractivity (Wildman–Crippen MR) is 71.3 cm³/mol. The lowest BCUT2D eigenvalue weighted by atomic mass is 10.2. The van der Waals surface area contributed by atoms with Crippen LogP contribution in [0.5, 0.6) is 0 Å². The van der Waals surface area contributed by atoms with Gasteiger partial charge in [0.1, 0.15) is 0 Å². The topological polar surface area (TPSA) is 55.8 Å². The highest BCUT2D eigenvalue weighted by molar-refractivity contribution is 6.12. The summed E-state index contributed by atoms with van der Waals surface area (Å²) in [4.78, 5) is 24.3. The molecule has 1 aliphatic rings. The van der Waals surface area contributed by atoms with Gasteiger partial charge in [0.15, 0.2) is 6.29 Å². The van der Waals surface area contributed by atoms with Crippen molar-refractivity contribution in [3.63, 3.8) is 0 Å². The summed E-state index contributed by atoms with van der Waals surface area (Å²) in [7, 11) is 0.919. The van der Waals surface area contributed by atoms with Gasteiger partial charge in [-0.2, -0.15) is 0 Å². The Labute approximate surface area is 111 Å². The zero-order valence-corrected chi connectivity index (χ0v) is 13.5. The summed E-state index contributed by atoms with van der Waals surface area (Å²) in [5, 5.41) is 0. The van der Waals surface area contributed by atoms with Gasteiger partial charge >= 0.3 is 0 Å². The van der Waals surface area contributed by atoms with Gasteiger partial charge in [0.2, 0.25) is 11.8 Å². The Morgan fingerprint density at radius 2 is 1.67 bits per heavy atom. The lowest BCUT2D eigenvalue weighted by Crippen LogP contribution is -2.33. The van der Waals surface area contributed by atoms with Crippen molar-refractivity contribution in [2.24, 2.45) is 0 Å². The van der Waals surface area contributed by atoms with Gasteiger partial charge in [0.25, 0.3) is 0 Å². The summed E-state index contributed by atoms with van der Waals surface area (Å²) >= 11 is 0. The van der Waals surface area contributed by atoms with Crippen molar-refractivity contribution < 1.29 is 19.1 Å². The molecule has 0 aromatic carbocycles. The summed E-state index contributed by atoms with van der Waals surface area (Å²) in [6.07, 6.45) is 1.31. The molecular weight excluding hydrogens is 250 g/mol. The molecule has 18 heavy (non-hydrogen) atoms. The van der Waals surface area contributed by atoms with Crippen LogP contribution in [0.1, 0.15) is 33.1 Å². The SMILES string of the molecule is CCOC(OCC)C([SiH3])CCN1C(=O)CCC1=O. The number of imide groups is 1. The summed E-state index contributed by atoms with van der Waals surface area (Å²) < 4.78 is 11.1. The summed E-state index contributed by atoms with van der Waals surface area (Å²) in [6, 6.07) is 0. The molecule has 104 valence electrons. The fourth-order valence-corrected chi connectivity index (χ4v) is 2.69. The third kappa shape index (κ3) is 4.19. The molecule has 1 aliphatic heterocycles. The minimum atomic E-state index is -0.195. The molecule has 1 atom stereocenters. The first-order valence-electron chi connectivity index (χ1n) is 6.66. The Morgan fingerprint density at radius 1 is 1.17 bits per heavy atom. The minimum absolute atomic E-state index is 0.0433. The van der Waals surface area contributed by atoms with Crippen molar-refractivity contribution in [3.05, 3.63) is 0 Å². The van der Waals surface area contributed by atoms with Gasteiger partial charge in [0, 0.05) is 42.8 Å². The van der Waals surface area contributed by atoms with E-state index in [0.29, 0.717) is 38.1 Å². The molecule has 0 aliphatic carbocycles. The second kappa shape index (κ2) is 7.65. The van der Waals surface area contributed by atoms with E-state index in [1.54, 1.807) is 0 Å². The number of carbonyl (C=O) groups is 2. The Bertz CT molecular complexity index is 276. The molecule has 0 aromatic heterocycles. The van der Waals surface area contributed by atoms with E-state index in [4.69, 9.17) is 9.47 Å². The van der Waals surface area contributed by atoms with Crippen LogP contribution < -0.4 is 0 Å². The van der Waals surface area contributed by atoms with E-state index >= 15 is 0 Å². The van der Waals surface area contributed by atoms with Gasteiger partial charge in [-0.1, -0.05) is 0 Å².